The highest BCUT2D eigenvalue weighted by atomic mass is 79.9. The molecule has 4 aromatic carbocycles. The summed E-state index contributed by atoms with van der Waals surface area (Å²) in [6.07, 6.45) is -1.38. The molecule has 6 N–H and O–H groups in total. The largest absolute Gasteiger partial charge is 0.508 e. The minimum Gasteiger partial charge on any atom is -0.508 e. The molecule has 0 aromatic heterocycles. The number of aromatic hydroxyl groups is 6. The van der Waals surface area contributed by atoms with Gasteiger partial charge in [0.05, 0.1) is 30.1 Å². The summed E-state index contributed by atoms with van der Waals surface area (Å²) in [6.45, 7) is 0. The van der Waals surface area contributed by atoms with Gasteiger partial charge < -0.3 is 35.4 Å². The van der Waals surface area contributed by atoms with Crippen LogP contribution in [0.1, 0.15) is 46.3 Å². The number of phenols is 6. The van der Waals surface area contributed by atoms with Gasteiger partial charge in [-0.25, -0.2) is 0 Å². The van der Waals surface area contributed by atoms with Gasteiger partial charge in [-0.05, 0) is 135 Å². The molecule has 0 unspecified atom stereocenters. The van der Waals surface area contributed by atoms with Gasteiger partial charge in [0.25, 0.3) is 0 Å². The van der Waals surface area contributed by atoms with Crippen molar-refractivity contribution in [2.45, 2.75) is 24.0 Å². The van der Waals surface area contributed by atoms with Crippen LogP contribution in [0.2, 0.25) is 0 Å². The zero-order valence-electron chi connectivity index (χ0n) is 19.7. The Bertz CT molecular complexity index is 1390. The second kappa shape index (κ2) is 10.9. The van der Waals surface area contributed by atoms with Gasteiger partial charge >= 0.3 is 0 Å². The summed E-state index contributed by atoms with van der Waals surface area (Å²) in [6, 6.07) is 15.5. The molecule has 0 spiro atoms. The van der Waals surface area contributed by atoms with Gasteiger partial charge in [0.2, 0.25) is 0 Å². The summed E-state index contributed by atoms with van der Waals surface area (Å²) in [5.41, 5.74) is 2.44. The molecule has 1 saturated heterocycles. The highest BCUT2D eigenvalue weighted by Gasteiger charge is 2.48. The fraction of sp³-hybridized carbons (Fsp3) is 0.143. The maximum Gasteiger partial charge on any atom is 0.143 e. The number of hydrogen-bond acceptors (Lipinski definition) is 7. The smallest absolute Gasteiger partial charge is 0.143 e. The van der Waals surface area contributed by atoms with Crippen LogP contribution in [0.15, 0.2) is 78.6 Å². The summed E-state index contributed by atoms with van der Waals surface area (Å²) in [5.74, 6) is -1.68. The molecule has 1 heterocycles. The molecule has 202 valence electrons. The number of hydrogen-bond donors (Lipinski definition) is 6. The average molecular weight is 788 g/mol. The molecule has 1 aliphatic heterocycles. The van der Waals surface area contributed by atoms with Gasteiger partial charge in [0.15, 0.2) is 0 Å². The van der Waals surface area contributed by atoms with E-state index < -0.39 is 24.0 Å². The molecule has 4 aromatic rings. The predicted molar refractivity (Wildman–Crippen MR) is 159 cm³/mol. The summed E-state index contributed by atoms with van der Waals surface area (Å²) in [5, 5.41) is 62.3. The maximum atomic E-state index is 10.4. The van der Waals surface area contributed by atoms with Crippen LogP contribution in [0.5, 0.6) is 34.5 Å². The summed E-state index contributed by atoms with van der Waals surface area (Å²) < 4.78 is 8.47. The van der Waals surface area contributed by atoms with Crippen molar-refractivity contribution in [3.63, 3.8) is 0 Å². The molecule has 7 nitrogen and oxygen atoms in total. The first kappa shape index (κ1) is 28.1. The first-order valence-corrected chi connectivity index (χ1v) is 14.7. The van der Waals surface area contributed by atoms with Crippen molar-refractivity contribution in [3.8, 4) is 34.5 Å². The fourth-order valence-electron chi connectivity index (χ4n) is 5.16. The molecular formula is C28H20Br4O7. The lowest BCUT2D eigenvalue weighted by atomic mass is 9.75. The van der Waals surface area contributed by atoms with E-state index in [1.54, 1.807) is 24.3 Å². The van der Waals surface area contributed by atoms with Crippen molar-refractivity contribution < 1.29 is 35.4 Å². The zero-order valence-corrected chi connectivity index (χ0v) is 26.0. The van der Waals surface area contributed by atoms with E-state index in [9.17, 15) is 30.6 Å². The first-order chi connectivity index (χ1) is 18.4. The van der Waals surface area contributed by atoms with Crippen molar-refractivity contribution in [2.75, 3.05) is 0 Å². The van der Waals surface area contributed by atoms with Gasteiger partial charge in [-0.2, -0.15) is 0 Å². The second-order valence-corrected chi connectivity index (χ2v) is 12.7. The minimum absolute atomic E-state index is 0.0145. The Morgan fingerprint density at radius 1 is 0.410 bits per heavy atom. The third kappa shape index (κ3) is 5.47. The fourth-order valence-corrected chi connectivity index (χ4v) is 7.60. The first-order valence-electron chi connectivity index (χ1n) is 11.5. The van der Waals surface area contributed by atoms with Crippen LogP contribution in [0.4, 0.5) is 0 Å². The SMILES string of the molecule is Oc1cc(O)cc([C@@H]2[C@@H](c3cc(O)cc(O)c3)[C@H](c3cc(Br)c(O)c(Br)c3)O[C@@H]2c2cc(Br)c(O)c(Br)c2)c1. The van der Waals surface area contributed by atoms with Gasteiger partial charge in [-0.3, -0.25) is 0 Å². The second-order valence-electron chi connectivity index (χ2n) is 9.26. The van der Waals surface area contributed by atoms with Gasteiger partial charge in [-0.1, -0.05) is 0 Å². The number of ether oxygens (including phenoxy) is 1. The molecule has 1 fully saturated rings. The molecule has 0 radical (unpaired) electrons. The van der Waals surface area contributed by atoms with Crippen LogP contribution < -0.4 is 0 Å². The van der Waals surface area contributed by atoms with Crippen molar-refractivity contribution in [1.29, 1.82) is 0 Å². The van der Waals surface area contributed by atoms with Crippen molar-refractivity contribution in [1.82, 2.24) is 0 Å². The lowest BCUT2D eigenvalue weighted by Gasteiger charge is -2.26. The van der Waals surface area contributed by atoms with Crippen molar-refractivity contribution in [2.24, 2.45) is 0 Å². The third-order valence-electron chi connectivity index (χ3n) is 6.69. The molecule has 1 aliphatic rings. The van der Waals surface area contributed by atoms with E-state index in [0.717, 1.165) is 0 Å². The van der Waals surface area contributed by atoms with Crippen molar-refractivity contribution >= 4 is 63.7 Å². The van der Waals surface area contributed by atoms with E-state index in [1.807, 2.05) is 0 Å². The van der Waals surface area contributed by atoms with E-state index in [2.05, 4.69) is 63.7 Å². The Labute approximate surface area is 256 Å². The van der Waals surface area contributed by atoms with E-state index in [0.29, 0.717) is 40.1 Å². The van der Waals surface area contributed by atoms with E-state index in [1.165, 1.54) is 36.4 Å². The van der Waals surface area contributed by atoms with Crippen LogP contribution in [0, 0.1) is 0 Å². The van der Waals surface area contributed by atoms with Crippen LogP contribution in [-0.2, 0) is 4.74 Å². The topological polar surface area (TPSA) is 131 Å². The predicted octanol–water partition coefficient (Wildman–Crippen LogP) is 8.35. The maximum absolute atomic E-state index is 10.4. The Morgan fingerprint density at radius 3 is 0.974 bits per heavy atom. The normalized spacial score (nSPS) is 20.8. The molecule has 5 rings (SSSR count). The molecule has 0 aliphatic carbocycles. The van der Waals surface area contributed by atoms with Crippen LogP contribution in [0.3, 0.4) is 0 Å². The molecule has 0 saturated carbocycles. The van der Waals surface area contributed by atoms with Gasteiger partial charge in [-0.15, -0.1) is 0 Å². The average Bonchev–Trinajstić information content (AvgIpc) is 3.25. The Morgan fingerprint density at radius 2 is 0.692 bits per heavy atom. The Hall–Kier alpha value is -2.44. The van der Waals surface area contributed by atoms with E-state index in [-0.39, 0.29) is 34.5 Å². The van der Waals surface area contributed by atoms with Gasteiger partial charge in [0, 0.05) is 24.0 Å². The quantitative estimate of drug-likeness (QED) is 0.123. The molecule has 39 heavy (non-hydrogen) atoms. The molecular weight excluding hydrogens is 768 g/mol. The monoisotopic (exact) mass is 784 g/mol. The van der Waals surface area contributed by atoms with Crippen LogP contribution in [0.25, 0.3) is 0 Å². The lowest BCUT2D eigenvalue weighted by molar-refractivity contribution is 0.0365. The number of halogens is 4. The minimum atomic E-state index is -0.690. The van der Waals surface area contributed by atoms with Crippen LogP contribution >= 0.6 is 63.7 Å². The third-order valence-corrected chi connectivity index (χ3v) is 9.11. The van der Waals surface area contributed by atoms with Gasteiger partial charge in [0.1, 0.15) is 34.5 Å². The highest BCUT2D eigenvalue weighted by molar-refractivity contribution is 9.11. The van der Waals surface area contributed by atoms with Crippen LogP contribution in [-0.4, -0.2) is 30.6 Å². The summed E-state index contributed by atoms with van der Waals surface area (Å²) in [4.78, 5) is 0. The molecule has 4 atom stereocenters. The standard InChI is InChI=1S/C28H20Br4O7/c29-19-5-13(6-20(30)25(19)37)27-23(11-1-15(33)9-16(34)2-11)24(12-3-17(35)10-18(36)4-12)28(39-27)14-7-21(31)26(38)22(32)8-14/h1-10,23-24,27-28,33-38H/t23-,24-,27-,28+/m1/s1. The highest BCUT2D eigenvalue weighted by Crippen LogP contribution is 2.61. The Kier molecular flexibility index (Phi) is 7.82. The molecule has 11 heteroatoms. The zero-order chi connectivity index (χ0) is 28.2. The number of benzene rings is 4. The van der Waals surface area contributed by atoms with E-state index in [4.69, 9.17) is 4.74 Å². The number of rotatable bonds is 4. The van der Waals surface area contributed by atoms with E-state index >= 15 is 0 Å². The summed E-state index contributed by atoms with van der Waals surface area (Å²) in [7, 11) is 0. The molecule has 0 bridgehead atoms. The van der Waals surface area contributed by atoms with Crippen molar-refractivity contribution in [3.05, 3.63) is 101 Å². The number of phenolic OH excluding ortho intramolecular Hbond substituents is 6. The Balaban J connectivity index is 1.80. The lowest BCUT2D eigenvalue weighted by Crippen LogP contribution is -2.14. The molecule has 0 amide bonds. The summed E-state index contributed by atoms with van der Waals surface area (Å²) >= 11 is 13.6.